The summed E-state index contributed by atoms with van der Waals surface area (Å²) in [6.45, 7) is 0.496. The fourth-order valence-corrected chi connectivity index (χ4v) is 1.90. The molecule has 1 heterocycles. The molecule has 0 fully saturated rings. The van der Waals surface area contributed by atoms with Crippen LogP contribution in [-0.4, -0.2) is 22.8 Å². The topological polar surface area (TPSA) is 53.2 Å². The fourth-order valence-electron chi connectivity index (χ4n) is 1.73. The maximum atomic E-state index is 12.2. The van der Waals surface area contributed by atoms with E-state index in [0.29, 0.717) is 12.1 Å². The highest BCUT2D eigenvalue weighted by atomic mass is 35.5. The van der Waals surface area contributed by atoms with Gasteiger partial charge in [0.25, 0.3) is 11.5 Å². The third kappa shape index (κ3) is 3.23. The number of aromatic amines is 1. The fraction of sp³-hybridized carbons (Fsp3) is 0.143. The van der Waals surface area contributed by atoms with Crippen molar-refractivity contribution in [1.29, 1.82) is 0 Å². The van der Waals surface area contributed by atoms with Gasteiger partial charge in [-0.3, -0.25) is 9.59 Å². The van der Waals surface area contributed by atoms with Crippen LogP contribution in [0.1, 0.15) is 15.9 Å². The summed E-state index contributed by atoms with van der Waals surface area (Å²) in [5, 5.41) is 0.0129. The van der Waals surface area contributed by atoms with Crippen LogP contribution in [-0.2, 0) is 6.54 Å². The molecule has 1 aromatic carbocycles. The van der Waals surface area contributed by atoms with Crippen LogP contribution < -0.4 is 5.56 Å². The van der Waals surface area contributed by atoms with Crippen molar-refractivity contribution >= 4 is 17.5 Å². The molecule has 0 aliphatic rings. The summed E-state index contributed by atoms with van der Waals surface area (Å²) in [6.07, 6.45) is 1.37. The molecule has 0 atom stereocenters. The van der Waals surface area contributed by atoms with Crippen LogP contribution in [0.25, 0.3) is 0 Å². The molecule has 0 aliphatic heterocycles. The molecule has 2 aromatic rings. The highest BCUT2D eigenvalue weighted by Gasteiger charge is 2.13. The van der Waals surface area contributed by atoms with E-state index < -0.39 is 5.56 Å². The number of carbonyl (C=O) groups excluding carboxylic acids is 1. The van der Waals surface area contributed by atoms with Crippen molar-refractivity contribution in [2.75, 3.05) is 7.05 Å². The van der Waals surface area contributed by atoms with Crippen molar-refractivity contribution in [2.45, 2.75) is 6.54 Å². The van der Waals surface area contributed by atoms with Crippen LogP contribution in [0.4, 0.5) is 0 Å². The minimum atomic E-state index is -0.399. The summed E-state index contributed by atoms with van der Waals surface area (Å²) in [5.74, 6) is -0.193. The number of H-pyrrole nitrogens is 1. The number of hydrogen-bond acceptors (Lipinski definition) is 2. The zero-order chi connectivity index (χ0) is 13.8. The summed E-state index contributed by atoms with van der Waals surface area (Å²) >= 11 is 5.71. The standard InChI is InChI=1S/C14H13ClN2O2/c1-17(9-10-5-3-2-4-6-10)14(19)11-7-12(15)13(18)16-8-11/h2-8H,9H2,1H3,(H,16,18). The van der Waals surface area contributed by atoms with E-state index in [4.69, 9.17) is 11.6 Å². The van der Waals surface area contributed by atoms with E-state index in [-0.39, 0.29) is 10.9 Å². The van der Waals surface area contributed by atoms with E-state index in [2.05, 4.69) is 4.98 Å². The van der Waals surface area contributed by atoms with Gasteiger partial charge in [0, 0.05) is 19.8 Å². The van der Waals surface area contributed by atoms with E-state index in [1.807, 2.05) is 30.3 Å². The van der Waals surface area contributed by atoms with Crippen molar-refractivity contribution in [3.8, 4) is 0 Å². The van der Waals surface area contributed by atoms with Gasteiger partial charge in [-0.2, -0.15) is 0 Å². The number of carbonyl (C=O) groups is 1. The smallest absolute Gasteiger partial charge is 0.266 e. The van der Waals surface area contributed by atoms with Gasteiger partial charge in [0.1, 0.15) is 5.02 Å². The first kappa shape index (κ1) is 13.4. The lowest BCUT2D eigenvalue weighted by atomic mass is 10.2. The quantitative estimate of drug-likeness (QED) is 0.935. The lowest BCUT2D eigenvalue weighted by molar-refractivity contribution is 0.0784. The number of nitrogens with zero attached hydrogens (tertiary/aromatic N) is 1. The molecule has 1 aromatic heterocycles. The number of rotatable bonds is 3. The normalized spacial score (nSPS) is 10.2. The molecule has 0 unspecified atom stereocenters. The SMILES string of the molecule is CN(Cc1ccccc1)C(=O)c1c[nH]c(=O)c(Cl)c1. The number of nitrogens with one attached hydrogen (secondary N) is 1. The molecule has 4 nitrogen and oxygen atoms in total. The Labute approximate surface area is 115 Å². The van der Waals surface area contributed by atoms with Gasteiger partial charge in [-0.1, -0.05) is 41.9 Å². The zero-order valence-electron chi connectivity index (χ0n) is 10.4. The molecule has 19 heavy (non-hydrogen) atoms. The van der Waals surface area contributed by atoms with Crippen LogP contribution in [0.15, 0.2) is 47.4 Å². The lowest BCUT2D eigenvalue weighted by Gasteiger charge is -2.17. The average molecular weight is 277 g/mol. The van der Waals surface area contributed by atoms with E-state index in [1.165, 1.54) is 12.3 Å². The second-order valence-electron chi connectivity index (χ2n) is 4.21. The van der Waals surface area contributed by atoms with Crippen LogP contribution in [0.2, 0.25) is 5.02 Å². The molecule has 0 spiro atoms. The summed E-state index contributed by atoms with van der Waals surface area (Å²) in [7, 11) is 1.70. The van der Waals surface area contributed by atoms with Gasteiger partial charge < -0.3 is 9.88 Å². The molecule has 0 saturated heterocycles. The van der Waals surface area contributed by atoms with Crippen molar-refractivity contribution < 1.29 is 4.79 Å². The number of hydrogen-bond donors (Lipinski definition) is 1. The van der Waals surface area contributed by atoms with Crippen LogP contribution in [0, 0.1) is 0 Å². The van der Waals surface area contributed by atoms with E-state index >= 15 is 0 Å². The molecule has 1 N–H and O–H groups in total. The molecular formula is C14H13ClN2O2. The number of benzene rings is 1. The monoisotopic (exact) mass is 276 g/mol. The molecule has 2 rings (SSSR count). The van der Waals surface area contributed by atoms with Crippen molar-refractivity contribution in [1.82, 2.24) is 9.88 Å². The van der Waals surface area contributed by atoms with Crippen molar-refractivity contribution in [2.24, 2.45) is 0 Å². The lowest BCUT2D eigenvalue weighted by Crippen LogP contribution is -2.27. The van der Waals surface area contributed by atoms with Gasteiger partial charge in [-0.25, -0.2) is 0 Å². The number of halogens is 1. The molecule has 5 heteroatoms. The van der Waals surface area contributed by atoms with Gasteiger partial charge in [0.05, 0.1) is 5.56 Å². The number of pyridine rings is 1. The molecule has 0 aliphatic carbocycles. The second kappa shape index (κ2) is 5.71. The highest BCUT2D eigenvalue weighted by Crippen LogP contribution is 2.09. The van der Waals surface area contributed by atoms with E-state index in [0.717, 1.165) is 5.56 Å². The number of aromatic nitrogens is 1. The Morgan fingerprint density at radius 2 is 2.00 bits per heavy atom. The Balaban J connectivity index is 2.15. The Bertz CT molecular complexity index is 637. The second-order valence-corrected chi connectivity index (χ2v) is 4.62. The Morgan fingerprint density at radius 3 is 2.63 bits per heavy atom. The molecular weight excluding hydrogens is 264 g/mol. The van der Waals surface area contributed by atoms with Crippen molar-refractivity contribution in [3.05, 3.63) is 69.1 Å². The molecule has 0 radical (unpaired) electrons. The Morgan fingerprint density at radius 1 is 1.32 bits per heavy atom. The minimum absolute atomic E-state index is 0.0129. The maximum Gasteiger partial charge on any atom is 0.266 e. The predicted octanol–water partition coefficient (Wildman–Crippen LogP) is 2.30. The van der Waals surface area contributed by atoms with Gasteiger partial charge >= 0.3 is 0 Å². The zero-order valence-corrected chi connectivity index (χ0v) is 11.1. The summed E-state index contributed by atoms with van der Waals surface area (Å²) in [6, 6.07) is 11.0. The van der Waals surface area contributed by atoms with Crippen LogP contribution in [0.3, 0.4) is 0 Å². The van der Waals surface area contributed by atoms with Gasteiger partial charge in [0.15, 0.2) is 0 Å². The molecule has 98 valence electrons. The largest absolute Gasteiger partial charge is 0.337 e. The first-order valence-corrected chi connectivity index (χ1v) is 6.13. The van der Waals surface area contributed by atoms with Crippen molar-refractivity contribution in [3.63, 3.8) is 0 Å². The molecule has 1 amide bonds. The highest BCUT2D eigenvalue weighted by molar-refractivity contribution is 6.30. The van der Waals surface area contributed by atoms with Gasteiger partial charge in [-0.15, -0.1) is 0 Å². The maximum absolute atomic E-state index is 12.2. The molecule has 0 bridgehead atoms. The number of amides is 1. The van der Waals surface area contributed by atoms with Crippen LogP contribution >= 0.6 is 11.6 Å². The first-order chi connectivity index (χ1) is 9.08. The third-order valence-electron chi connectivity index (χ3n) is 2.71. The first-order valence-electron chi connectivity index (χ1n) is 5.75. The van der Waals surface area contributed by atoms with Gasteiger partial charge in [-0.05, 0) is 11.6 Å². The average Bonchev–Trinajstić information content (AvgIpc) is 2.42. The summed E-state index contributed by atoms with van der Waals surface area (Å²) < 4.78 is 0. The predicted molar refractivity (Wildman–Crippen MR) is 74.3 cm³/mol. The summed E-state index contributed by atoms with van der Waals surface area (Å²) in [4.78, 5) is 27.3. The minimum Gasteiger partial charge on any atom is -0.337 e. The van der Waals surface area contributed by atoms with E-state index in [9.17, 15) is 9.59 Å². The molecule has 0 saturated carbocycles. The Hall–Kier alpha value is -2.07. The Kier molecular flexibility index (Phi) is 4.02. The van der Waals surface area contributed by atoms with E-state index in [1.54, 1.807) is 11.9 Å². The summed E-state index contributed by atoms with van der Waals surface area (Å²) in [5.41, 5.74) is 1.00. The van der Waals surface area contributed by atoms with Crippen LogP contribution in [0.5, 0.6) is 0 Å². The van der Waals surface area contributed by atoms with Gasteiger partial charge in [0.2, 0.25) is 0 Å². The third-order valence-corrected chi connectivity index (χ3v) is 2.99.